The fourth-order valence-corrected chi connectivity index (χ4v) is 2.01. The van der Waals surface area contributed by atoms with Crippen molar-refractivity contribution in [2.45, 2.75) is 13.3 Å². The molecule has 0 radical (unpaired) electrons. The van der Waals surface area contributed by atoms with Crippen LogP contribution in [0, 0.1) is 0 Å². The van der Waals surface area contributed by atoms with E-state index in [0.29, 0.717) is 24.5 Å². The third-order valence-corrected chi connectivity index (χ3v) is 3.07. The van der Waals surface area contributed by atoms with E-state index in [9.17, 15) is 9.59 Å². The topological polar surface area (TPSA) is 74.3 Å². The second kappa shape index (κ2) is 5.69. The van der Waals surface area contributed by atoms with Gasteiger partial charge in [-0.3, -0.25) is 9.59 Å². The quantitative estimate of drug-likeness (QED) is 0.819. The van der Waals surface area contributed by atoms with Gasteiger partial charge in [-0.2, -0.15) is 0 Å². The molecule has 0 saturated carbocycles. The minimum Gasteiger partial charge on any atom is -0.373 e. The highest BCUT2D eigenvalue weighted by Crippen LogP contribution is 2.13. The highest BCUT2D eigenvalue weighted by molar-refractivity contribution is 5.97. The summed E-state index contributed by atoms with van der Waals surface area (Å²) in [6.07, 6.45) is 0.760. The number of anilines is 1. The lowest BCUT2D eigenvalue weighted by Gasteiger charge is -2.26. The molecule has 102 valence electrons. The maximum Gasteiger partial charge on any atom is 0.254 e. The normalized spacial score (nSPS) is 15.1. The first-order valence-electron chi connectivity index (χ1n) is 6.38. The van der Waals surface area contributed by atoms with E-state index in [0.717, 1.165) is 12.1 Å². The average molecular weight is 262 g/mol. The number of rotatable bonds is 3. The Morgan fingerprint density at radius 3 is 2.95 bits per heavy atom. The molecule has 0 atom stereocenters. The minimum absolute atomic E-state index is 0.113. The number of aryl methyl sites for hydroxylation is 1. The summed E-state index contributed by atoms with van der Waals surface area (Å²) in [6, 6.07) is 3.50. The highest BCUT2D eigenvalue weighted by atomic mass is 16.2. The summed E-state index contributed by atoms with van der Waals surface area (Å²) in [6.45, 7) is 3.17. The van der Waals surface area contributed by atoms with Gasteiger partial charge in [-0.25, -0.2) is 4.98 Å². The van der Waals surface area contributed by atoms with Crippen molar-refractivity contribution in [3.8, 4) is 0 Å². The van der Waals surface area contributed by atoms with Gasteiger partial charge in [0.05, 0.1) is 6.54 Å². The second-order valence-electron chi connectivity index (χ2n) is 4.41. The van der Waals surface area contributed by atoms with Gasteiger partial charge in [0.2, 0.25) is 5.91 Å². The van der Waals surface area contributed by atoms with Gasteiger partial charge in [-0.15, -0.1) is 0 Å². The molecular weight excluding hydrogens is 244 g/mol. The Hall–Kier alpha value is -2.11. The van der Waals surface area contributed by atoms with Crippen LogP contribution in [0.25, 0.3) is 0 Å². The maximum atomic E-state index is 12.4. The monoisotopic (exact) mass is 262 g/mol. The zero-order valence-electron chi connectivity index (χ0n) is 11.2. The van der Waals surface area contributed by atoms with E-state index in [4.69, 9.17) is 0 Å². The van der Waals surface area contributed by atoms with Crippen LogP contribution in [-0.2, 0) is 11.2 Å². The molecule has 2 amide bonds. The van der Waals surface area contributed by atoms with Crippen molar-refractivity contribution in [1.29, 1.82) is 0 Å². The molecule has 1 aromatic heterocycles. The van der Waals surface area contributed by atoms with Crippen LogP contribution < -0.4 is 10.6 Å². The molecule has 0 aliphatic carbocycles. The number of hydrogen-bond acceptors (Lipinski definition) is 4. The number of carbonyl (C=O) groups is 2. The van der Waals surface area contributed by atoms with Gasteiger partial charge in [0.25, 0.3) is 5.91 Å². The van der Waals surface area contributed by atoms with Crippen LogP contribution in [0.4, 0.5) is 5.82 Å². The molecule has 0 unspecified atom stereocenters. The summed E-state index contributed by atoms with van der Waals surface area (Å²) in [7, 11) is 1.77. The van der Waals surface area contributed by atoms with E-state index in [-0.39, 0.29) is 18.4 Å². The number of piperazine rings is 1. The fourth-order valence-electron chi connectivity index (χ4n) is 2.01. The maximum absolute atomic E-state index is 12.4. The lowest BCUT2D eigenvalue weighted by atomic mass is 10.1. The Bertz CT molecular complexity index is 479. The second-order valence-corrected chi connectivity index (χ2v) is 4.41. The van der Waals surface area contributed by atoms with Gasteiger partial charge >= 0.3 is 0 Å². The van der Waals surface area contributed by atoms with Crippen molar-refractivity contribution < 1.29 is 9.59 Å². The van der Waals surface area contributed by atoms with Gasteiger partial charge in [-0.1, -0.05) is 6.92 Å². The largest absolute Gasteiger partial charge is 0.373 e. The number of nitrogens with zero attached hydrogens (tertiary/aromatic N) is 2. The first kappa shape index (κ1) is 13.3. The molecule has 19 heavy (non-hydrogen) atoms. The number of amides is 2. The van der Waals surface area contributed by atoms with E-state index in [2.05, 4.69) is 15.6 Å². The van der Waals surface area contributed by atoms with Crippen LogP contribution >= 0.6 is 0 Å². The van der Waals surface area contributed by atoms with Gasteiger partial charge in [0, 0.05) is 31.4 Å². The molecule has 2 heterocycles. The van der Waals surface area contributed by atoms with Crippen LogP contribution in [0.5, 0.6) is 0 Å². The first-order valence-corrected chi connectivity index (χ1v) is 6.38. The highest BCUT2D eigenvalue weighted by Gasteiger charge is 2.22. The van der Waals surface area contributed by atoms with Crippen LogP contribution in [0.3, 0.4) is 0 Å². The third kappa shape index (κ3) is 3.01. The molecule has 0 spiro atoms. The van der Waals surface area contributed by atoms with E-state index in [1.54, 1.807) is 24.1 Å². The lowest BCUT2D eigenvalue weighted by molar-refractivity contribution is -0.123. The van der Waals surface area contributed by atoms with Crippen LogP contribution in [-0.4, -0.2) is 48.4 Å². The van der Waals surface area contributed by atoms with Gasteiger partial charge in [0.1, 0.15) is 5.82 Å². The fraction of sp³-hybridized carbons (Fsp3) is 0.462. The molecule has 1 aliphatic rings. The molecular formula is C13H18N4O2. The number of hydrogen-bond donors (Lipinski definition) is 2. The predicted octanol–water partition coefficient (Wildman–Crippen LogP) is 0.258. The molecule has 2 N–H and O–H groups in total. The Kier molecular flexibility index (Phi) is 3.99. The van der Waals surface area contributed by atoms with Gasteiger partial charge in [0.15, 0.2) is 0 Å². The number of nitrogens with one attached hydrogen (secondary N) is 2. The number of pyridine rings is 1. The van der Waals surface area contributed by atoms with Crippen molar-refractivity contribution in [3.63, 3.8) is 0 Å². The summed E-state index contributed by atoms with van der Waals surface area (Å²) in [5.74, 6) is 0.436. The molecule has 0 aromatic carbocycles. The van der Waals surface area contributed by atoms with Crippen LogP contribution in [0.15, 0.2) is 12.1 Å². The van der Waals surface area contributed by atoms with Gasteiger partial charge in [-0.05, 0) is 18.6 Å². The molecule has 1 fully saturated rings. The first-order chi connectivity index (χ1) is 9.13. The van der Waals surface area contributed by atoms with Gasteiger partial charge < -0.3 is 15.5 Å². The summed E-state index contributed by atoms with van der Waals surface area (Å²) < 4.78 is 0. The van der Waals surface area contributed by atoms with Crippen molar-refractivity contribution in [2.75, 3.05) is 32.0 Å². The number of carbonyl (C=O) groups excluding carboxylic acids is 2. The van der Waals surface area contributed by atoms with Crippen molar-refractivity contribution in [3.05, 3.63) is 23.4 Å². The Morgan fingerprint density at radius 1 is 1.53 bits per heavy atom. The molecule has 2 rings (SSSR count). The molecule has 6 nitrogen and oxygen atoms in total. The van der Waals surface area contributed by atoms with Crippen molar-refractivity contribution >= 4 is 17.6 Å². The van der Waals surface area contributed by atoms with Crippen molar-refractivity contribution in [2.24, 2.45) is 0 Å². The summed E-state index contributed by atoms with van der Waals surface area (Å²) in [4.78, 5) is 29.6. The van der Waals surface area contributed by atoms with E-state index >= 15 is 0 Å². The predicted molar refractivity (Wildman–Crippen MR) is 72.1 cm³/mol. The number of aromatic nitrogens is 1. The minimum atomic E-state index is -0.122. The zero-order valence-corrected chi connectivity index (χ0v) is 11.2. The van der Waals surface area contributed by atoms with Crippen molar-refractivity contribution in [1.82, 2.24) is 15.2 Å². The molecule has 1 saturated heterocycles. The van der Waals surface area contributed by atoms with E-state index in [1.807, 2.05) is 6.92 Å². The summed E-state index contributed by atoms with van der Waals surface area (Å²) in [5, 5.41) is 5.65. The van der Waals surface area contributed by atoms with E-state index in [1.165, 1.54) is 0 Å². The zero-order chi connectivity index (χ0) is 13.8. The summed E-state index contributed by atoms with van der Waals surface area (Å²) >= 11 is 0. The Morgan fingerprint density at radius 2 is 2.32 bits per heavy atom. The van der Waals surface area contributed by atoms with Crippen LogP contribution in [0.2, 0.25) is 0 Å². The van der Waals surface area contributed by atoms with E-state index < -0.39 is 0 Å². The van der Waals surface area contributed by atoms with Crippen LogP contribution in [0.1, 0.15) is 23.0 Å². The Balaban J connectivity index is 2.24. The smallest absolute Gasteiger partial charge is 0.254 e. The Labute approximate surface area is 112 Å². The molecule has 6 heteroatoms. The average Bonchev–Trinajstić information content (AvgIpc) is 2.45. The third-order valence-electron chi connectivity index (χ3n) is 3.07. The SMILES string of the molecule is CCc1cc(C(=O)N2CCNC(=O)C2)cc(NC)n1. The molecule has 0 bridgehead atoms. The summed E-state index contributed by atoms with van der Waals surface area (Å²) in [5.41, 5.74) is 1.43. The molecule has 1 aliphatic heterocycles. The standard InChI is InChI=1S/C13H18N4O2/c1-3-10-6-9(7-11(14-2)16-10)13(19)17-5-4-15-12(18)8-17/h6-7H,3-5,8H2,1-2H3,(H,14,16)(H,15,18). The lowest BCUT2D eigenvalue weighted by Crippen LogP contribution is -2.50. The molecule has 1 aromatic rings.